The second-order valence-corrected chi connectivity index (χ2v) is 3.65. The number of ether oxygens (including phenoxy) is 1. The molecule has 76 valence electrons. The van der Waals surface area contributed by atoms with Gasteiger partial charge in [-0.25, -0.2) is 4.98 Å². The van der Waals surface area contributed by atoms with E-state index in [0.29, 0.717) is 16.7 Å². The van der Waals surface area contributed by atoms with E-state index in [1.807, 2.05) is 6.92 Å². The van der Waals surface area contributed by atoms with Crippen molar-refractivity contribution in [3.05, 3.63) is 28.5 Å². The van der Waals surface area contributed by atoms with E-state index in [9.17, 15) is 4.79 Å². The van der Waals surface area contributed by atoms with Crippen LogP contribution in [0, 0.1) is 0 Å². The summed E-state index contributed by atoms with van der Waals surface area (Å²) in [6, 6.07) is 5.26. The molecule has 14 heavy (non-hydrogen) atoms. The van der Waals surface area contributed by atoms with E-state index in [4.69, 9.17) is 4.74 Å². The summed E-state index contributed by atoms with van der Waals surface area (Å²) in [5, 5.41) is 0. The molecular weight excluding hydrogens is 246 g/mol. The number of ketones is 1. The topological polar surface area (TPSA) is 39.2 Å². The number of carbonyl (C=O) groups is 1. The highest BCUT2D eigenvalue weighted by molar-refractivity contribution is 9.10. The van der Waals surface area contributed by atoms with Gasteiger partial charge in [0.05, 0.1) is 0 Å². The van der Waals surface area contributed by atoms with Crippen LogP contribution in [0.3, 0.4) is 0 Å². The first-order valence-electron chi connectivity index (χ1n) is 4.38. The molecule has 1 rings (SSSR count). The van der Waals surface area contributed by atoms with Crippen molar-refractivity contribution >= 4 is 21.7 Å². The van der Waals surface area contributed by atoms with E-state index in [0.717, 1.165) is 0 Å². The molecule has 0 saturated carbocycles. The predicted molar refractivity (Wildman–Crippen MR) is 57.4 cm³/mol. The van der Waals surface area contributed by atoms with E-state index < -0.39 is 6.10 Å². The van der Waals surface area contributed by atoms with Crippen LogP contribution < -0.4 is 0 Å². The molecule has 1 heterocycles. The van der Waals surface area contributed by atoms with Crippen LogP contribution >= 0.6 is 15.9 Å². The Morgan fingerprint density at radius 2 is 2.36 bits per heavy atom. The van der Waals surface area contributed by atoms with Crippen LogP contribution in [0.4, 0.5) is 0 Å². The molecule has 0 aromatic carbocycles. The lowest BCUT2D eigenvalue weighted by Crippen LogP contribution is -2.23. The Morgan fingerprint density at radius 3 is 2.86 bits per heavy atom. The molecule has 1 aromatic heterocycles. The largest absolute Gasteiger partial charge is 0.373 e. The van der Waals surface area contributed by atoms with Gasteiger partial charge in [-0.2, -0.15) is 0 Å². The minimum Gasteiger partial charge on any atom is -0.373 e. The lowest BCUT2D eigenvalue weighted by atomic mass is 10.1. The summed E-state index contributed by atoms with van der Waals surface area (Å²) >= 11 is 3.22. The average molecular weight is 258 g/mol. The van der Waals surface area contributed by atoms with Crippen LogP contribution in [0.5, 0.6) is 0 Å². The average Bonchev–Trinajstić information content (AvgIpc) is 2.19. The van der Waals surface area contributed by atoms with Gasteiger partial charge in [0.1, 0.15) is 16.4 Å². The normalized spacial score (nSPS) is 12.5. The van der Waals surface area contributed by atoms with Crippen molar-refractivity contribution in [1.29, 1.82) is 0 Å². The number of pyridine rings is 1. The van der Waals surface area contributed by atoms with Crippen LogP contribution in [-0.4, -0.2) is 24.0 Å². The Labute approximate surface area is 91.6 Å². The summed E-state index contributed by atoms with van der Waals surface area (Å²) in [5.41, 5.74) is 0.438. The Bertz CT molecular complexity index is 324. The molecule has 4 heteroatoms. The van der Waals surface area contributed by atoms with Crippen molar-refractivity contribution in [2.45, 2.75) is 19.4 Å². The monoisotopic (exact) mass is 257 g/mol. The molecule has 1 atom stereocenters. The van der Waals surface area contributed by atoms with Crippen LogP contribution in [0.25, 0.3) is 0 Å². The molecular formula is C10H12BrNO2. The number of methoxy groups -OCH3 is 1. The first-order valence-corrected chi connectivity index (χ1v) is 5.18. The highest BCUT2D eigenvalue weighted by atomic mass is 79.9. The summed E-state index contributed by atoms with van der Waals surface area (Å²) in [4.78, 5) is 15.8. The van der Waals surface area contributed by atoms with Gasteiger partial charge in [-0.05, 0) is 34.5 Å². The zero-order valence-electron chi connectivity index (χ0n) is 8.16. The summed E-state index contributed by atoms with van der Waals surface area (Å²) in [5.74, 6) is -0.0729. The maximum atomic E-state index is 11.8. The van der Waals surface area contributed by atoms with Gasteiger partial charge in [0, 0.05) is 7.11 Å². The van der Waals surface area contributed by atoms with E-state index in [1.165, 1.54) is 7.11 Å². The lowest BCUT2D eigenvalue weighted by Gasteiger charge is -2.10. The van der Waals surface area contributed by atoms with Gasteiger partial charge in [0.15, 0.2) is 0 Å². The van der Waals surface area contributed by atoms with Gasteiger partial charge in [-0.15, -0.1) is 0 Å². The molecule has 3 nitrogen and oxygen atoms in total. The van der Waals surface area contributed by atoms with Crippen LogP contribution in [0.1, 0.15) is 23.8 Å². The van der Waals surface area contributed by atoms with Gasteiger partial charge < -0.3 is 4.74 Å². The minimum absolute atomic E-state index is 0.0729. The molecule has 1 aromatic rings. The number of hydrogen-bond donors (Lipinski definition) is 0. The third-order valence-corrected chi connectivity index (χ3v) is 2.36. The first-order chi connectivity index (χ1) is 6.69. The molecule has 1 unspecified atom stereocenters. The van der Waals surface area contributed by atoms with Crippen LogP contribution in [-0.2, 0) is 4.74 Å². The van der Waals surface area contributed by atoms with Gasteiger partial charge in [0.2, 0.25) is 5.78 Å². The molecule has 0 radical (unpaired) electrons. The summed E-state index contributed by atoms with van der Waals surface area (Å²) in [7, 11) is 1.53. The van der Waals surface area contributed by atoms with Crippen molar-refractivity contribution in [2.75, 3.05) is 7.11 Å². The van der Waals surface area contributed by atoms with Gasteiger partial charge in [-0.1, -0.05) is 13.0 Å². The maximum absolute atomic E-state index is 11.8. The fraction of sp³-hybridized carbons (Fsp3) is 0.400. The highest BCUT2D eigenvalue weighted by Gasteiger charge is 2.18. The van der Waals surface area contributed by atoms with Gasteiger partial charge >= 0.3 is 0 Å². The summed E-state index contributed by atoms with van der Waals surface area (Å²) in [6.07, 6.45) is 0.264. The zero-order chi connectivity index (χ0) is 10.6. The number of carbonyl (C=O) groups excluding carboxylic acids is 1. The minimum atomic E-state index is -0.392. The lowest BCUT2D eigenvalue weighted by molar-refractivity contribution is 0.0590. The van der Waals surface area contributed by atoms with E-state index in [-0.39, 0.29) is 5.78 Å². The Hall–Kier alpha value is -0.740. The standard InChI is InChI=1S/C10H12BrNO2/c1-3-8(14-2)10(13)7-5-4-6-9(11)12-7/h4-6,8H,3H2,1-2H3. The van der Waals surface area contributed by atoms with Gasteiger partial charge in [-0.3, -0.25) is 4.79 Å². The fourth-order valence-corrected chi connectivity index (χ4v) is 1.51. The second kappa shape index (κ2) is 5.22. The fourth-order valence-electron chi connectivity index (χ4n) is 1.17. The van der Waals surface area contributed by atoms with Gasteiger partial charge in [0.25, 0.3) is 0 Å². The Balaban J connectivity index is 2.88. The van der Waals surface area contributed by atoms with Crippen LogP contribution in [0.15, 0.2) is 22.8 Å². The van der Waals surface area contributed by atoms with Crippen molar-refractivity contribution in [3.63, 3.8) is 0 Å². The molecule has 0 fully saturated rings. The third kappa shape index (κ3) is 2.62. The molecule has 0 saturated heterocycles. The second-order valence-electron chi connectivity index (χ2n) is 2.84. The molecule has 0 aliphatic rings. The predicted octanol–water partition coefficient (Wildman–Crippen LogP) is 2.45. The molecule has 0 N–H and O–H groups in total. The SMILES string of the molecule is CCC(OC)C(=O)c1cccc(Br)n1. The van der Waals surface area contributed by atoms with Crippen molar-refractivity contribution < 1.29 is 9.53 Å². The number of Topliss-reactive ketones (excluding diaryl/α,β-unsaturated/α-hetero) is 1. The number of aromatic nitrogens is 1. The molecule has 0 aliphatic carbocycles. The first kappa shape index (κ1) is 11.3. The Kier molecular flexibility index (Phi) is 4.22. The highest BCUT2D eigenvalue weighted by Crippen LogP contribution is 2.10. The Morgan fingerprint density at radius 1 is 1.64 bits per heavy atom. The number of halogens is 1. The smallest absolute Gasteiger partial charge is 0.209 e. The number of hydrogen-bond acceptors (Lipinski definition) is 3. The zero-order valence-corrected chi connectivity index (χ0v) is 9.74. The molecule has 0 aliphatic heterocycles. The van der Waals surface area contributed by atoms with Crippen molar-refractivity contribution in [2.24, 2.45) is 0 Å². The van der Waals surface area contributed by atoms with Crippen molar-refractivity contribution in [1.82, 2.24) is 4.98 Å². The van der Waals surface area contributed by atoms with Crippen LogP contribution in [0.2, 0.25) is 0 Å². The quantitative estimate of drug-likeness (QED) is 0.615. The summed E-state index contributed by atoms with van der Waals surface area (Å²) in [6.45, 7) is 1.91. The van der Waals surface area contributed by atoms with E-state index in [1.54, 1.807) is 18.2 Å². The molecule has 0 spiro atoms. The van der Waals surface area contributed by atoms with E-state index in [2.05, 4.69) is 20.9 Å². The van der Waals surface area contributed by atoms with Crippen molar-refractivity contribution in [3.8, 4) is 0 Å². The third-order valence-electron chi connectivity index (χ3n) is 1.92. The molecule has 0 bridgehead atoms. The van der Waals surface area contributed by atoms with E-state index >= 15 is 0 Å². The number of nitrogens with zero attached hydrogens (tertiary/aromatic N) is 1. The summed E-state index contributed by atoms with van der Waals surface area (Å²) < 4.78 is 5.71. The number of rotatable bonds is 4. The maximum Gasteiger partial charge on any atom is 0.209 e. The molecule has 0 amide bonds.